The van der Waals surface area contributed by atoms with Crippen molar-refractivity contribution in [2.24, 2.45) is 10.7 Å². The molecule has 2 atom stereocenters. The van der Waals surface area contributed by atoms with E-state index in [1.54, 1.807) is 0 Å². The van der Waals surface area contributed by atoms with Crippen LogP contribution in [0.5, 0.6) is 5.88 Å². The highest BCUT2D eigenvalue weighted by molar-refractivity contribution is 6.02. The van der Waals surface area contributed by atoms with Gasteiger partial charge in [0.25, 0.3) is 5.91 Å². The van der Waals surface area contributed by atoms with Crippen LogP contribution in [-0.2, 0) is 10.3 Å². The largest absolute Gasteiger partial charge is 0.467 e. The van der Waals surface area contributed by atoms with Crippen molar-refractivity contribution in [2.75, 3.05) is 18.5 Å². The van der Waals surface area contributed by atoms with E-state index in [2.05, 4.69) is 25.0 Å². The number of aromatic nitrogens is 2. The Balaban J connectivity index is 1.84. The molecule has 2 aromatic rings. The number of rotatable bonds is 5. The summed E-state index contributed by atoms with van der Waals surface area (Å²) >= 11 is 0. The van der Waals surface area contributed by atoms with Crippen molar-refractivity contribution >= 4 is 17.4 Å². The van der Waals surface area contributed by atoms with Gasteiger partial charge in [0.1, 0.15) is 29.5 Å². The maximum absolute atomic E-state index is 14.6. The molecule has 1 amide bonds. The van der Waals surface area contributed by atoms with Gasteiger partial charge >= 0.3 is 12.4 Å². The van der Waals surface area contributed by atoms with Gasteiger partial charge in [-0.1, -0.05) is 0 Å². The molecule has 15 heteroatoms. The van der Waals surface area contributed by atoms with Gasteiger partial charge in [-0.2, -0.15) is 26.3 Å². The topological polar surface area (TPSA) is 112 Å². The Labute approximate surface area is 187 Å². The molecule has 8 nitrogen and oxygen atoms in total. The maximum atomic E-state index is 14.6. The Morgan fingerprint density at radius 3 is 2.53 bits per heavy atom. The molecule has 0 fully saturated rings. The minimum atomic E-state index is -4.91. The Morgan fingerprint density at radius 1 is 1.24 bits per heavy atom. The van der Waals surface area contributed by atoms with Gasteiger partial charge in [0.05, 0.1) is 12.4 Å². The quantitative estimate of drug-likeness (QED) is 0.616. The molecule has 0 radical (unpaired) electrons. The highest BCUT2D eigenvalue weighted by atomic mass is 19.4. The molecule has 0 saturated carbocycles. The second-order valence-corrected chi connectivity index (χ2v) is 7.28. The number of halogens is 7. The molecule has 1 aliphatic heterocycles. The summed E-state index contributed by atoms with van der Waals surface area (Å²) in [5, 5.41) is 2.29. The summed E-state index contributed by atoms with van der Waals surface area (Å²) < 4.78 is 101. The van der Waals surface area contributed by atoms with Gasteiger partial charge < -0.3 is 20.5 Å². The number of amides is 1. The van der Waals surface area contributed by atoms with Crippen molar-refractivity contribution in [3.05, 3.63) is 47.7 Å². The lowest BCUT2D eigenvalue weighted by Gasteiger charge is -2.39. The average molecular weight is 495 g/mol. The van der Waals surface area contributed by atoms with Crippen molar-refractivity contribution in [1.82, 2.24) is 9.97 Å². The van der Waals surface area contributed by atoms with E-state index in [1.165, 1.54) is 0 Å². The summed E-state index contributed by atoms with van der Waals surface area (Å²) in [6.45, 7) is -1.22. The zero-order chi connectivity index (χ0) is 25.3. The Hall–Kier alpha value is -3.49. The van der Waals surface area contributed by atoms with Crippen molar-refractivity contribution in [3.8, 4) is 5.88 Å². The zero-order valence-electron chi connectivity index (χ0n) is 17.2. The SMILES string of the molecule is C[C@]1(c2cc(NC(=O)c3cnc(OCC(F)(F)F)cn3)ccc2F)N=C(N)CO[C@H]1C(F)(F)F. The van der Waals surface area contributed by atoms with E-state index in [1.807, 2.05) is 0 Å². The average Bonchev–Trinajstić information content (AvgIpc) is 2.72. The van der Waals surface area contributed by atoms with E-state index in [-0.39, 0.29) is 17.2 Å². The number of amidine groups is 1. The minimum Gasteiger partial charge on any atom is -0.467 e. The van der Waals surface area contributed by atoms with E-state index < -0.39 is 60.4 Å². The fourth-order valence-electron chi connectivity index (χ4n) is 3.18. The molecule has 0 saturated heterocycles. The number of carbonyl (C=O) groups is 1. The molecule has 0 bridgehead atoms. The van der Waals surface area contributed by atoms with Gasteiger partial charge in [-0.25, -0.2) is 14.4 Å². The lowest BCUT2D eigenvalue weighted by atomic mass is 9.84. The second kappa shape index (κ2) is 9.04. The van der Waals surface area contributed by atoms with E-state index >= 15 is 0 Å². The zero-order valence-corrected chi connectivity index (χ0v) is 17.2. The van der Waals surface area contributed by atoms with Gasteiger partial charge in [-0.15, -0.1) is 0 Å². The number of carbonyl (C=O) groups excluding carboxylic acids is 1. The van der Waals surface area contributed by atoms with E-state index in [0.29, 0.717) is 0 Å². The van der Waals surface area contributed by atoms with Gasteiger partial charge in [0.15, 0.2) is 12.7 Å². The molecule has 0 unspecified atom stereocenters. The molecule has 1 aliphatic rings. The Kier molecular flexibility index (Phi) is 6.68. The number of ether oxygens (including phenoxy) is 2. The third kappa shape index (κ3) is 5.70. The molecule has 1 aromatic carbocycles. The van der Waals surface area contributed by atoms with Crippen molar-refractivity contribution in [1.29, 1.82) is 0 Å². The summed E-state index contributed by atoms with van der Waals surface area (Å²) in [6, 6.07) is 2.84. The van der Waals surface area contributed by atoms with E-state index in [0.717, 1.165) is 37.5 Å². The molecule has 3 rings (SSSR count). The number of alkyl halides is 6. The van der Waals surface area contributed by atoms with Crippen LogP contribution in [0.25, 0.3) is 0 Å². The smallest absolute Gasteiger partial charge is 0.422 e. The van der Waals surface area contributed by atoms with Gasteiger partial charge in [-0.3, -0.25) is 9.79 Å². The number of nitrogens with one attached hydrogen (secondary N) is 1. The van der Waals surface area contributed by atoms with Crippen LogP contribution in [0.3, 0.4) is 0 Å². The summed E-state index contributed by atoms with van der Waals surface area (Å²) in [6.07, 6.45) is -10.4. The van der Waals surface area contributed by atoms with Crippen LogP contribution in [0.1, 0.15) is 23.0 Å². The van der Waals surface area contributed by atoms with Crippen LogP contribution in [0, 0.1) is 5.82 Å². The van der Waals surface area contributed by atoms with Crippen LogP contribution in [0.2, 0.25) is 0 Å². The molecule has 0 spiro atoms. The number of hydrogen-bond acceptors (Lipinski definition) is 7. The fraction of sp³-hybridized carbons (Fsp3) is 0.368. The van der Waals surface area contributed by atoms with Crippen molar-refractivity contribution < 1.29 is 45.0 Å². The first kappa shape index (κ1) is 25.1. The van der Waals surface area contributed by atoms with E-state index in [9.17, 15) is 35.5 Å². The number of nitrogens with zero attached hydrogens (tertiary/aromatic N) is 3. The summed E-state index contributed by atoms with van der Waals surface area (Å²) in [5.74, 6) is -2.74. The normalized spacial score (nSPS) is 21.1. The van der Waals surface area contributed by atoms with Crippen LogP contribution >= 0.6 is 0 Å². The number of hydrogen-bond donors (Lipinski definition) is 2. The minimum absolute atomic E-state index is 0.123. The lowest BCUT2D eigenvalue weighted by Crippen LogP contribution is -2.53. The molecule has 2 heterocycles. The van der Waals surface area contributed by atoms with Crippen LogP contribution in [0.4, 0.5) is 36.4 Å². The van der Waals surface area contributed by atoms with Crippen molar-refractivity contribution in [3.63, 3.8) is 0 Å². The molecule has 34 heavy (non-hydrogen) atoms. The van der Waals surface area contributed by atoms with Crippen LogP contribution in [-0.4, -0.2) is 53.4 Å². The molecule has 184 valence electrons. The highest BCUT2D eigenvalue weighted by Gasteiger charge is 2.56. The summed E-state index contributed by atoms with van der Waals surface area (Å²) in [5.41, 5.74) is 2.22. The first-order chi connectivity index (χ1) is 15.7. The monoisotopic (exact) mass is 495 g/mol. The third-order valence-electron chi connectivity index (χ3n) is 4.60. The highest BCUT2D eigenvalue weighted by Crippen LogP contribution is 2.43. The second-order valence-electron chi connectivity index (χ2n) is 7.28. The molecule has 1 aromatic heterocycles. The first-order valence-corrected chi connectivity index (χ1v) is 9.34. The summed E-state index contributed by atoms with van der Waals surface area (Å²) in [4.78, 5) is 23.3. The predicted molar refractivity (Wildman–Crippen MR) is 103 cm³/mol. The van der Waals surface area contributed by atoms with Gasteiger partial charge in [-0.05, 0) is 25.1 Å². The lowest BCUT2D eigenvalue weighted by molar-refractivity contribution is -0.238. The standard InChI is InChI=1S/C19H16F7N5O3/c1-17(16(19(24,25)26)33-7-13(27)31-17)10-4-9(2-3-11(10)20)30-15(32)12-5-29-14(6-28-12)34-8-18(21,22)23/h2-6,16H,7-8H2,1H3,(H2,27,31)(H,30,32)/t16-,17-/m1/s1. The predicted octanol–water partition coefficient (Wildman–Crippen LogP) is 3.34. The fourth-order valence-corrected chi connectivity index (χ4v) is 3.18. The Bertz CT molecular complexity index is 1090. The summed E-state index contributed by atoms with van der Waals surface area (Å²) in [7, 11) is 0. The van der Waals surface area contributed by atoms with Crippen molar-refractivity contribution in [2.45, 2.75) is 30.9 Å². The number of aliphatic imine (C=N–C) groups is 1. The molecule has 0 aliphatic carbocycles. The van der Waals surface area contributed by atoms with E-state index in [4.69, 9.17) is 10.5 Å². The van der Waals surface area contributed by atoms with Gasteiger partial charge in [0.2, 0.25) is 5.88 Å². The van der Waals surface area contributed by atoms with Crippen LogP contribution in [0.15, 0.2) is 35.6 Å². The number of nitrogens with two attached hydrogens (primary N) is 1. The first-order valence-electron chi connectivity index (χ1n) is 9.34. The Morgan fingerprint density at radius 2 is 1.94 bits per heavy atom. The molecular formula is C19H16F7N5O3. The maximum Gasteiger partial charge on any atom is 0.422 e. The molecule has 3 N–H and O–H groups in total. The van der Waals surface area contributed by atoms with Crippen LogP contribution < -0.4 is 15.8 Å². The third-order valence-corrected chi connectivity index (χ3v) is 4.60. The number of anilines is 1. The van der Waals surface area contributed by atoms with Gasteiger partial charge in [0, 0.05) is 11.3 Å². The number of benzene rings is 1. The molecular weight excluding hydrogens is 479 g/mol.